The van der Waals surface area contributed by atoms with Crippen LogP contribution < -0.4 is 14.9 Å². The number of hydrogen-bond donors (Lipinski definition) is 2. The molecular weight excluding hydrogens is 404 g/mol. The van der Waals surface area contributed by atoms with Crippen LogP contribution in [0.2, 0.25) is 0 Å². The molecule has 0 spiro atoms. The van der Waals surface area contributed by atoms with Gasteiger partial charge in [-0.2, -0.15) is 5.10 Å². The number of rotatable bonds is 7. The van der Waals surface area contributed by atoms with E-state index in [0.717, 1.165) is 22.5 Å². The number of hydrogen-bond acceptors (Lipinski definition) is 7. The molecule has 4 rings (SSSR count). The van der Waals surface area contributed by atoms with Crippen molar-refractivity contribution in [2.24, 2.45) is 5.10 Å². The number of anilines is 1. The molecule has 0 atom stereocenters. The molecular formula is C25H22N4O3. The summed E-state index contributed by atoms with van der Waals surface area (Å²) in [6, 6.07) is 24.8. The van der Waals surface area contributed by atoms with Crippen LogP contribution in [0, 0.1) is 0 Å². The molecule has 0 aliphatic heterocycles. The molecule has 7 nitrogen and oxygen atoms in total. The maximum atomic E-state index is 10.3. The molecule has 0 saturated carbocycles. The van der Waals surface area contributed by atoms with Crippen molar-refractivity contribution in [1.29, 1.82) is 0 Å². The third-order valence-corrected chi connectivity index (χ3v) is 4.77. The van der Waals surface area contributed by atoms with Gasteiger partial charge >= 0.3 is 0 Å². The van der Waals surface area contributed by atoms with E-state index in [1.54, 1.807) is 6.07 Å². The van der Waals surface area contributed by atoms with Crippen LogP contribution in [0.3, 0.4) is 0 Å². The number of nitrogens with zero attached hydrogens (tertiary/aromatic N) is 3. The van der Waals surface area contributed by atoms with Gasteiger partial charge in [-0.15, -0.1) is 0 Å². The highest BCUT2D eigenvalue weighted by molar-refractivity contribution is 5.88. The molecule has 0 bridgehead atoms. The number of benzene rings is 3. The number of ether oxygens (including phenoxy) is 2. The van der Waals surface area contributed by atoms with Gasteiger partial charge in [0.05, 0.1) is 37.4 Å². The highest BCUT2D eigenvalue weighted by Gasteiger charge is 2.11. The Kier molecular flexibility index (Phi) is 6.27. The van der Waals surface area contributed by atoms with Gasteiger partial charge in [-0.1, -0.05) is 60.7 Å². The minimum atomic E-state index is -0.0179. The van der Waals surface area contributed by atoms with Crippen molar-refractivity contribution in [3.05, 3.63) is 84.4 Å². The van der Waals surface area contributed by atoms with Gasteiger partial charge in [-0.05, 0) is 6.07 Å². The fourth-order valence-corrected chi connectivity index (χ4v) is 3.17. The minimum absolute atomic E-state index is 0.0179. The first-order valence-electron chi connectivity index (χ1n) is 9.92. The van der Waals surface area contributed by atoms with Crippen molar-refractivity contribution in [3.63, 3.8) is 0 Å². The Balaban J connectivity index is 1.68. The Labute approximate surface area is 186 Å². The molecule has 0 fully saturated rings. The maximum Gasteiger partial charge on any atom is 0.244 e. The summed E-state index contributed by atoms with van der Waals surface area (Å²) in [4.78, 5) is 9.21. The molecule has 7 heteroatoms. The summed E-state index contributed by atoms with van der Waals surface area (Å²) in [5, 5.41) is 14.5. The van der Waals surface area contributed by atoms with Crippen LogP contribution in [-0.4, -0.2) is 35.5 Å². The zero-order valence-corrected chi connectivity index (χ0v) is 17.7. The summed E-state index contributed by atoms with van der Waals surface area (Å²) >= 11 is 0. The van der Waals surface area contributed by atoms with Crippen molar-refractivity contribution in [1.82, 2.24) is 9.97 Å². The lowest BCUT2D eigenvalue weighted by atomic mass is 10.1. The second kappa shape index (κ2) is 9.61. The average Bonchev–Trinajstić information content (AvgIpc) is 2.85. The Morgan fingerprint density at radius 2 is 1.41 bits per heavy atom. The standard InChI is InChI=1S/C25H22N4O3/c1-31-19-13-23(30)20(24(14-19)32-2)16-26-29-25-27-21(17-9-5-3-6-10-17)15-22(28-25)18-11-7-4-8-12-18/h3-16,30H,1-2H3,(H,27,28,29). The summed E-state index contributed by atoms with van der Waals surface area (Å²) < 4.78 is 10.5. The highest BCUT2D eigenvalue weighted by atomic mass is 16.5. The van der Waals surface area contributed by atoms with Gasteiger partial charge in [-0.3, -0.25) is 0 Å². The first-order valence-corrected chi connectivity index (χ1v) is 9.92. The Bertz CT molecular complexity index is 1170. The number of phenolic OH excluding ortho intramolecular Hbond substituents is 1. The normalized spacial score (nSPS) is 10.8. The predicted octanol–water partition coefficient (Wildman–Crippen LogP) is 4.98. The second-order valence-electron chi connectivity index (χ2n) is 6.83. The van der Waals surface area contributed by atoms with E-state index in [1.807, 2.05) is 66.7 Å². The van der Waals surface area contributed by atoms with E-state index in [9.17, 15) is 5.11 Å². The van der Waals surface area contributed by atoms with E-state index in [0.29, 0.717) is 23.0 Å². The Morgan fingerprint density at radius 1 is 0.812 bits per heavy atom. The van der Waals surface area contributed by atoms with Crippen LogP contribution in [0.25, 0.3) is 22.5 Å². The van der Waals surface area contributed by atoms with Gasteiger partial charge in [0, 0.05) is 23.3 Å². The number of aromatic hydroxyl groups is 1. The monoisotopic (exact) mass is 426 g/mol. The predicted molar refractivity (Wildman–Crippen MR) is 125 cm³/mol. The van der Waals surface area contributed by atoms with Crippen molar-refractivity contribution in [3.8, 4) is 39.8 Å². The first kappa shape index (κ1) is 20.9. The fraction of sp³-hybridized carbons (Fsp3) is 0.0800. The largest absolute Gasteiger partial charge is 0.507 e. The molecule has 0 radical (unpaired) electrons. The molecule has 2 N–H and O–H groups in total. The topological polar surface area (TPSA) is 88.9 Å². The number of nitrogens with one attached hydrogen (secondary N) is 1. The van der Waals surface area contributed by atoms with Crippen molar-refractivity contribution in [2.45, 2.75) is 0 Å². The lowest BCUT2D eigenvalue weighted by Crippen LogP contribution is -2.01. The average molecular weight is 426 g/mol. The fourth-order valence-electron chi connectivity index (χ4n) is 3.17. The zero-order chi connectivity index (χ0) is 22.3. The molecule has 0 amide bonds. The quantitative estimate of drug-likeness (QED) is 0.320. The van der Waals surface area contributed by atoms with Gasteiger partial charge in [0.15, 0.2) is 0 Å². The summed E-state index contributed by atoms with van der Waals surface area (Å²) in [6.45, 7) is 0. The smallest absolute Gasteiger partial charge is 0.244 e. The van der Waals surface area contributed by atoms with Crippen LogP contribution in [0.1, 0.15) is 5.56 Å². The van der Waals surface area contributed by atoms with Gasteiger partial charge in [0.25, 0.3) is 0 Å². The molecule has 0 aliphatic carbocycles. The molecule has 160 valence electrons. The van der Waals surface area contributed by atoms with E-state index in [-0.39, 0.29) is 5.75 Å². The third kappa shape index (κ3) is 4.67. The highest BCUT2D eigenvalue weighted by Crippen LogP contribution is 2.32. The van der Waals surface area contributed by atoms with Gasteiger partial charge in [0.1, 0.15) is 17.2 Å². The van der Waals surface area contributed by atoms with Crippen molar-refractivity contribution >= 4 is 12.2 Å². The van der Waals surface area contributed by atoms with E-state index in [1.165, 1.54) is 26.5 Å². The molecule has 0 saturated heterocycles. The molecule has 1 aromatic heterocycles. The van der Waals surface area contributed by atoms with Gasteiger partial charge < -0.3 is 14.6 Å². The van der Waals surface area contributed by atoms with E-state index in [4.69, 9.17) is 9.47 Å². The molecule has 1 heterocycles. The summed E-state index contributed by atoms with van der Waals surface area (Å²) in [6.07, 6.45) is 1.45. The number of aromatic nitrogens is 2. The van der Waals surface area contributed by atoms with Crippen LogP contribution >= 0.6 is 0 Å². The second-order valence-corrected chi connectivity index (χ2v) is 6.83. The van der Waals surface area contributed by atoms with Crippen LogP contribution in [0.15, 0.2) is 84.0 Å². The summed E-state index contributed by atoms with van der Waals surface area (Å²) in [7, 11) is 3.03. The van der Waals surface area contributed by atoms with Gasteiger partial charge in [-0.25, -0.2) is 15.4 Å². The molecule has 32 heavy (non-hydrogen) atoms. The third-order valence-electron chi connectivity index (χ3n) is 4.77. The number of phenols is 1. The Morgan fingerprint density at radius 3 is 1.94 bits per heavy atom. The SMILES string of the molecule is COc1cc(O)c(C=NNc2nc(-c3ccccc3)cc(-c3ccccc3)n2)c(OC)c1. The van der Waals surface area contributed by atoms with E-state index >= 15 is 0 Å². The van der Waals surface area contributed by atoms with E-state index in [2.05, 4.69) is 20.5 Å². The lowest BCUT2D eigenvalue weighted by Gasteiger charge is -2.10. The van der Waals surface area contributed by atoms with Crippen LogP contribution in [-0.2, 0) is 0 Å². The number of methoxy groups -OCH3 is 2. The Hall–Kier alpha value is -4.39. The molecule has 0 aliphatic rings. The molecule has 3 aromatic carbocycles. The van der Waals surface area contributed by atoms with Crippen LogP contribution in [0.4, 0.5) is 5.95 Å². The number of hydrazone groups is 1. The van der Waals surface area contributed by atoms with Crippen molar-refractivity contribution < 1.29 is 14.6 Å². The zero-order valence-electron chi connectivity index (χ0n) is 17.7. The van der Waals surface area contributed by atoms with E-state index < -0.39 is 0 Å². The first-order chi connectivity index (χ1) is 15.7. The van der Waals surface area contributed by atoms with Gasteiger partial charge in [0.2, 0.25) is 5.95 Å². The summed E-state index contributed by atoms with van der Waals surface area (Å²) in [5.41, 5.74) is 6.74. The molecule has 0 unspecified atom stereocenters. The summed E-state index contributed by atoms with van der Waals surface area (Å²) in [5.74, 6) is 1.22. The van der Waals surface area contributed by atoms with Crippen molar-refractivity contribution in [2.75, 3.05) is 19.6 Å². The van der Waals surface area contributed by atoms with Crippen LogP contribution in [0.5, 0.6) is 17.2 Å². The minimum Gasteiger partial charge on any atom is -0.507 e. The maximum absolute atomic E-state index is 10.3. The lowest BCUT2D eigenvalue weighted by molar-refractivity contribution is 0.384. The molecule has 4 aromatic rings.